The number of allylic oxidation sites excluding steroid dienone is 1. The molecule has 0 aliphatic carbocycles. The molecule has 22 heavy (non-hydrogen) atoms. The van der Waals surface area contributed by atoms with Gasteiger partial charge in [-0.2, -0.15) is 0 Å². The Hall–Kier alpha value is -1.15. The van der Waals surface area contributed by atoms with E-state index in [0.29, 0.717) is 23.2 Å². The summed E-state index contributed by atoms with van der Waals surface area (Å²) in [5.41, 5.74) is 2.30. The Kier molecular flexibility index (Phi) is 5.80. The number of hydrogen-bond donors (Lipinski definition) is 2. The van der Waals surface area contributed by atoms with Gasteiger partial charge in [0.05, 0.1) is 18.2 Å². The van der Waals surface area contributed by atoms with Crippen molar-refractivity contribution in [2.45, 2.75) is 26.8 Å². The number of nitrogens with one attached hydrogen (secondary N) is 2. The standard InChI is InChI=1S/C16H19IN2O2S/c1-9(2)8-21-15(20)13-10(3)18-16(22)19-14(13)11-4-6-12(17)7-5-11/h4-7,9,14H,8H2,1-3H3,(H2,18,19,22)/t14-/m0/s1. The third kappa shape index (κ3) is 4.19. The van der Waals surface area contributed by atoms with Gasteiger partial charge in [0.1, 0.15) is 0 Å². The predicted octanol–water partition coefficient (Wildman–Crippen LogP) is 3.28. The number of hydrogen-bond acceptors (Lipinski definition) is 3. The van der Waals surface area contributed by atoms with Crippen LogP contribution < -0.4 is 10.6 Å². The molecular formula is C16H19IN2O2S. The number of carbonyl (C=O) groups excluding carboxylic acids is 1. The molecule has 0 unspecified atom stereocenters. The van der Waals surface area contributed by atoms with Crippen LogP contribution in [0.2, 0.25) is 0 Å². The van der Waals surface area contributed by atoms with Crippen molar-refractivity contribution in [1.82, 2.24) is 10.6 Å². The van der Waals surface area contributed by atoms with Crippen molar-refractivity contribution in [1.29, 1.82) is 0 Å². The second-order valence-electron chi connectivity index (χ2n) is 5.61. The zero-order valence-corrected chi connectivity index (χ0v) is 15.7. The highest BCUT2D eigenvalue weighted by Gasteiger charge is 2.30. The highest BCUT2D eigenvalue weighted by atomic mass is 127. The zero-order chi connectivity index (χ0) is 16.3. The minimum absolute atomic E-state index is 0.287. The van der Waals surface area contributed by atoms with Gasteiger partial charge in [0.25, 0.3) is 0 Å². The van der Waals surface area contributed by atoms with Gasteiger partial charge in [0.15, 0.2) is 5.11 Å². The van der Waals surface area contributed by atoms with Crippen molar-refractivity contribution in [3.8, 4) is 0 Å². The number of esters is 1. The first kappa shape index (κ1) is 17.2. The van der Waals surface area contributed by atoms with E-state index in [0.717, 1.165) is 14.8 Å². The largest absolute Gasteiger partial charge is 0.462 e. The van der Waals surface area contributed by atoms with Gasteiger partial charge < -0.3 is 15.4 Å². The lowest BCUT2D eigenvalue weighted by molar-refractivity contribution is -0.140. The Balaban J connectivity index is 2.32. The van der Waals surface area contributed by atoms with E-state index >= 15 is 0 Å². The highest BCUT2D eigenvalue weighted by Crippen LogP contribution is 2.28. The molecule has 4 nitrogen and oxygen atoms in total. The number of ether oxygens (including phenoxy) is 1. The van der Waals surface area contributed by atoms with Crippen LogP contribution in [0.25, 0.3) is 0 Å². The molecule has 118 valence electrons. The third-order valence-electron chi connectivity index (χ3n) is 3.24. The SMILES string of the molecule is CC1=C(C(=O)OCC(C)C)[C@H](c2ccc(I)cc2)NC(=S)N1. The first-order valence-corrected chi connectivity index (χ1v) is 8.58. The summed E-state index contributed by atoms with van der Waals surface area (Å²) in [5, 5.41) is 6.68. The molecular weight excluding hydrogens is 411 g/mol. The predicted molar refractivity (Wildman–Crippen MR) is 99.3 cm³/mol. The fourth-order valence-corrected chi connectivity index (χ4v) is 2.82. The van der Waals surface area contributed by atoms with E-state index in [1.165, 1.54) is 0 Å². The van der Waals surface area contributed by atoms with Gasteiger partial charge in [-0.05, 0) is 65.3 Å². The average Bonchev–Trinajstić information content (AvgIpc) is 2.44. The van der Waals surface area contributed by atoms with Crippen LogP contribution in [0.4, 0.5) is 0 Å². The van der Waals surface area contributed by atoms with Gasteiger partial charge in [0, 0.05) is 9.27 Å². The molecule has 6 heteroatoms. The van der Waals surface area contributed by atoms with Gasteiger partial charge in [0.2, 0.25) is 0 Å². The van der Waals surface area contributed by atoms with Crippen LogP contribution in [0, 0.1) is 9.49 Å². The molecule has 0 amide bonds. The maximum atomic E-state index is 12.5. The van der Waals surface area contributed by atoms with Crippen LogP contribution in [0.5, 0.6) is 0 Å². The third-order valence-corrected chi connectivity index (χ3v) is 4.18. The van der Waals surface area contributed by atoms with Crippen molar-refractivity contribution in [3.05, 3.63) is 44.7 Å². The molecule has 1 aliphatic heterocycles. The number of benzene rings is 1. The van der Waals surface area contributed by atoms with Crippen LogP contribution in [-0.2, 0) is 9.53 Å². The lowest BCUT2D eigenvalue weighted by Crippen LogP contribution is -2.45. The molecule has 2 rings (SSSR count). The molecule has 1 aromatic rings. The molecule has 0 spiro atoms. The average molecular weight is 430 g/mol. The van der Waals surface area contributed by atoms with E-state index in [-0.39, 0.29) is 12.0 Å². The number of carbonyl (C=O) groups is 1. The van der Waals surface area contributed by atoms with Crippen molar-refractivity contribution >= 4 is 45.9 Å². The Morgan fingerprint density at radius 1 is 1.36 bits per heavy atom. The quantitative estimate of drug-likeness (QED) is 0.436. The van der Waals surface area contributed by atoms with E-state index in [9.17, 15) is 4.79 Å². The second-order valence-corrected chi connectivity index (χ2v) is 7.27. The molecule has 2 N–H and O–H groups in total. The maximum absolute atomic E-state index is 12.5. The fourth-order valence-electron chi connectivity index (χ4n) is 2.19. The van der Waals surface area contributed by atoms with Crippen molar-refractivity contribution in [2.24, 2.45) is 5.92 Å². The summed E-state index contributed by atoms with van der Waals surface area (Å²) in [6.45, 7) is 6.27. The van der Waals surface area contributed by atoms with Crippen molar-refractivity contribution < 1.29 is 9.53 Å². The van der Waals surface area contributed by atoms with Gasteiger partial charge in [-0.25, -0.2) is 4.79 Å². The van der Waals surface area contributed by atoms with Crippen LogP contribution in [0.15, 0.2) is 35.5 Å². The van der Waals surface area contributed by atoms with Crippen LogP contribution in [0.1, 0.15) is 32.4 Å². The fraction of sp³-hybridized carbons (Fsp3) is 0.375. The summed E-state index contributed by atoms with van der Waals surface area (Å²) in [7, 11) is 0. The second kappa shape index (κ2) is 7.41. The van der Waals surface area contributed by atoms with E-state index in [1.807, 2.05) is 45.0 Å². The number of rotatable bonds is 4. The molecule has 1 heterocycles. The monoisotopic (exact) mass is 430 g/mol. The first-order valence-electron chi connectivity index (χ1n) is 7.09. The van der Waals surface area contributed by atoms with Gasteiger partial charge in [-0.15, -0.1) is 0 Å². The summed E-state index contributed by atoms with van der Waals surface area (Å²) in [5.74, 6) is -0.00977. The zero-order valence-electron chi connectivity index (χ0n) is 12.8. The van der Waals surface area contributed by atoms with E-state index in [2.05, 4.69) is 33.2 Å². The minimum Gasteiger partial charge on any atom is -0.462 e. The highest BCUT2D eigenvalue weighted by molar-refractivity contribution is 14.1. The molecule has 0 aromatic heterocycles. The first-order chi connectivity index (χ1) is 10.4. The normalized spacial score (nSPS) is 18.0. The summed E-state index contributed by atoms with van der Waals surface area (Å²) < 4.78 is 6.54. The molecule has 1 aliphatic rings. The Bertz CT molecular complexity index is 611. The van der Waals surface area contributed by atoms with E-state index in [4.69, 9.17) is 17.0 Å². The summed E-state index contributed by atoms with van der Waals surface area (Å²) in [6, 6.07) is 7.72. The summed E-state index contributed by atoms with van der Waals surface area (Å²) >= 11 is 7.47. The number of thiocarbonyl (C=S) groups is 1. The lowest BCUT2D eigenvalue weighted by Gasteiger charge is -2.30. The van der Waals surface area contributed by atoms with E-state index in [1.54, 1.807) is 0 Å². The molecule has 0 saturated heterocycles. The van der Waals surface area contributed by atoms with Crippen LogP contribution in [-0.4, -0.2) is 17.7 Å². The topological polar surface area (TPSA) is 50.4 Å². The van der Waals surface area contributed by atoms with Gasteiger partial charge in [-0.1, -0.05) is 26.0 Å². The smallest absolute Gasteiger partial charge is 0.338 e. The molecule has 0 bridgehead atoms. The van der Waals surface area contributed by atoms with Gasteiger partial charge in [-0.3, -0.25) is 0 Å². The number of halogens is 1. The molecule has 0 radical (unpaired) electrons. The maximum Gasteiger partial charge on any atom is 0.338 e. The minimum atomic E-state index is -0.308. The van der Waals surface area contributed by atoms with Crippen LogP contribution >= 0.6 is 34.8 Å². The molecule has 0 fully saturated rings. The molecule has 0 saturated carbocycles. The van der Waals surface area contributed by atoms with Crippen molar-refractivity contribution in [3.63, 3.8) is 0 Å². The summed E-state index contributed by atoms with van der Waals surface area (Å²) in [6.07, 6.45) is 0. The Labute approximate surface area is 149 Å². The Morgan fingerprint density at radius 2 is 2.00 bits per heavy atom. The lowest BCUT2D eigenvalue weighted by atomic mass is 9.96. The molecule has 1 aromatic carbocycles. The summed E-state index contributed by atoms with van der Waals surface area (Å²) in [4.78, 5) is 12.5. The molecule has 1 atom stereocenters. The van der Waals surface area contributed by atoms with E-state index < -0.39 is 0 Å². The van der Waals surface area contributed by atoms with Crippen molar-refractivity contribution in [2.75, 3.05) is 6.61 Å². The van der Waals surface area contributed by atoms with Crippen LogP contribution in [0.3, 0.4) is 0 Å². The Morgan fingerprint density at radius 3 is 2.59 bits per heavy atom. The van der Waals surface area contributed by atoms with Gasteiger partial charge >= 0.3 is 5.97 Å².